The molecule has 0 saturated carbocycles. The topological polar surface area (TPSA) is 83.7 Å². The Kier molecular flexibility index (Phi) is 5.01. The van der Waals surface area contributed by atoms with Crippen LogP contribution in [0.15, 0.2) is 82.3 Å². The lowest BCUT2D eigenvalue weighted by Gasteiger charge is -2.02. The summed E-state index contributed by atoms with van der Waals surface area (Å²) < 4.78 is 5.61. The van der Waals surface area contributed by atoms with E-state index < -0.39 is 11.8 Å². The number of hydrogen-bond donors (Lipinski definition) is 2. The second-order valence-electron chi connectivity index (χ2n) is 5.09. The van der Waals surface area contributed by atoms with Gasteiger partial charge in [0.1, 0.15) is 11.5 Å². The summed E-state index contributed by atoms with van der Waals surface area (Å²) in [6.07, 6.45) is 1.33. The van der Waals surface area contributed by atoms with E-state index in [1.54, 1.807) is 36.4 Å². The van der Waals surface area contributed by atoms with E-state index in [2.05, 4.69) is 15.8 Å². The third-order valence-electron chi connectivity index (χ3n) is 3.28. The third kappa shape index (κ3) is 4.42. The quantitative estimate of drug-likeness (QED) is 0.437. The lowest BCUT2D eigenvalue weighted by atomic mass is 10.2. The molecule has 0 aliphatic heterocycles. The number of para-hydroxylation sites is 1. The van der Waals surface area contributed by atoms with Crippen LogP contribution in [0.4, 0.5) is 5.69 Å². The summed E-state index contributed by atoms with van der Waals surface area (Å²) >= 11 is 0. The van der Waals surface area contributed by atoms with Crippen LogP contribution in [0.2, 0.25) is 0 Å². The first-order chi connectivity index (χ1) is 12.2. The summed E-state index contributed by atoms with van der Waals surface area (Å²) in [5, 5.41) is 6.20. The highest BCUT2D eigenvalue weighted by Crippen LogP contribution is 2.20. The number of anilines is 1. The van der Waals surface area contributed by atoms with Crippen molar-refractivity contribution in [2.75, 3.05) is 5.32 Å². The molecule has 25 heavy (non-hydrogen) atoms. The monoisotopic (exact) mass is 333 g/mol. The molecule has 0 aliphatic rings. The molecule has 2 N–H and O–H groups in total. The first kappa shape index (κ1) is 16.2. The molecule has 0 fully saturated rings. The van der Waals surface area contributed by atoms with Crippen molar-refractivity contribution in [3.8, 4) is 11.3 Å². The zero-order valence-electron chi connectivity index (χ0n) is 13.2. The summed E-state index contributed by atoms with van der Waals surface area (Å²) in [5.74, 6) is -0.513. The molecule has 1 heterocycles. The van der Waals surface area contributed by atoms with Gasteiger partial charge in [0.15, 0.2) is 0 Å². The number of rotatable bonds is 4. The third-order valence-corrected chi connectivity index (χ3v) is 3.28. The van der Waals surface area contributed by atoms with Crippen LogP contribution in [0.3, 0.4) is 0 Å². The van der Waals surface area contributed by atoms with E-state index in [0.29, 0.717) is 17.2 Å². The fourth-order valence-corrected chi connectivity index (χ4v) is 2.09. The van der Waals surface area contributed by atoms with Gasteiger partial charge in [-0.2, -0.15) is 5.10 Å². The van der Waals surface area contributed by atoms with E-state index in [4.69, 9.17) is 4.42 Å². The van der Waals surface area contributed by atoms with Crippen molar-refractivity contribution < 1.29 is 14.0 Å². The largest absolute Gasteiger partial charge is 0.455 e. The maximum Gasteiger partial charge on any atom is 0.329 e. The molecule has 1 aromatic heterocycles. The molecule has 0 atom stereocenters. The summed E-state index contributed by atoms with van der Waals surface area (Å²) in [5.41, 5.74) is 3.63. The van der Waals surface area contributed by atoms with Gasteiger partial charge in [0.25, 0.3) is 0 Å². The number of furan rings is 1. The van der Waals surface area contributed by atoms with Crippen LogP contribution in [0.5, 0.6) is 0 Å². The van der Waals surface area contributed by atoms with E-state index in [1.807, 2.05) is 36.4 Å². The van der Waals surface area contributed by atoms with Crippen molar-refractivity contribution in [2.45, 2.75) is 0 Å². The van der Waals surface area contributed by atoms with Crippen LogP contribution in [0, 0.1) is 0 Å². The minimum absolute atomic E-state index is 0.461. The average Bonchev–Trinajstić information content (AvgIpc) is 3.12. The number of nitrogens with one attached hydrogen (secondary N) is 2. The van der Waals surface area contributed by atoms with Gasteiger partial charge < -0.3 is 9.73 Å². The number of hydrazone groups is 1. The van der Waals surface area contributed by atoms with Crippen molar-refractivity contribution in [3.63, 3.8) is 0 Å². The van der Waals surface area contributed by atoms with Gasteiger partial charge in [-0.25, -0.2) is 5.43 Å². The summed E-state index contributed by atoms with van der Waals surface area (Å²) in [6.45, 7) is 0. The van der Waals surface area contributed by atoms with Crippen LogP contribution in [-0.2, 0) is 9.59 Å². The lowest BCUT2D eigenvalue weighted by molar-refractivity contribution is -0.136. The zero-order chi connectivity index (χ0) is 17.5. The molecule has 0 unspecified atom stereocenters. The van der Waals surface area contributed by atoms with Gasteiger partial charge in [0.05, 0.1) is 6.21 Å². The first-order valence-corrected chi connectivity index (χ1v) is 7.57. The van der Waals surface area contributed by atoms with E-state index in [9.17, 15) is 9.59 Å². The molecular weight excluding hydrogens is 318 g/mol. The van der Waals surface area contributed by atoms with Crippen molar-refractivity contribution in [3.05, 3.63) is 78.6 Å². The Morgan fingerprint density at radius 2 is 1.52 bits per heavy atom. The van der Waals surface area contributed by atoms with Crippen LogP contribution in [0.25, 0.3) is 11.3 Å². The van der Waals surface area contributed by atoms with Gasteiger partial charge >= 0.3 is 11.8 Å². The molecule has 0 bridgehead atoms. The van der Waals surface area contributed by atoms with Crippen molar-refractivity contribution >= 4 is 23.7 Å². The Balaban J connectivity index is 1.55. The summed E-state index contributed by atoms with van der Waals surface area (Å²) in [4.78, 5) is 23.4. The van der Waals surface area contributed by atoms with Gasteiger partial charge in [-0.1, -0.05) is 48.5 Å². The Morgan fingerprint density at radius 3 is 2.24 bits per heavy atom. The summed E-state index contributed by atoms with van der Waals surface area (Å²) in [7, 11) is 0. The molecule has 6 nitrogen and oxygen atoms in total. The molecule has 3 aromatic rings. The Bertz CT molecular complexity index is 887. The van der Waals surface area contributed by atoms with Crippen molar-refractivity contribution in [1.82, 2.24) is 5.43 Å². The molecular formula is C19H15N3O3. The van der Waals surface area contributed by atoms with Crippen LogP contribution < -0.4 is 10.7 Å². The SMILES string of the molecule is O=C(NN=Cc1ccc(-c2ccccc2)o1)C(=O)Nc1ccccc1. The molecule has 0 saturated heterocycles. The van der Waals surface area contributed by atoms with Crippen molar-refractivity contribution in [1.29, 1.82) is 0 Å². The summed E-state index contributed by atoms with van der Waals surface area (Å²) in [6, 6.07) is 21.8. The predicted octanol–water partition coefficient (Wildman–Crippen LogP) is 3.04. The standard InChI is InChI=1S/C19H15N3O3/c23-18(21-15-9-5-2-6-10-15)19(24)22-20-13-16-11-12-17(25-16)14-7-3-1-4-8-14/h1-13H,(H,21,23)(H,22,24). The van der Waals surface area contributed by atoms with Gasteiger partial charge in [0.2, 0.25) is 0 Å². The zero-order valence-corrected chi connectivity index (χ0v) is 13.2. The number of carbonyl (C=O) groups excluding carboxylic acids is 2. The number of benzene rings is 2. The van der Waals surface area contributed by atoms with E-state index in [-0.39, 0.29) is 0 Å². The van der Waals surface area contributed by atoms with E-state index in [0.717, 1.165) is 5.56 Å². The number of nitrogens with zero attached hydrogens (tertiary/aromatic N) is 1. The molecule has 0 spiro atoms. The smallest absolute Gasteiger partial charge is 0.329 e. The number of carbonyl (C=O) groups is 2. The molecule has 6 heteroatoms. The first-order valence-electron chi connectivity index (χ1n) is 7.57. The van der Waals surface area contributed by atoms with Gasteiger partial charge in [-0.15, -0.1) is 0 Å². The fraction of sp³-hybridized carbons (Fsp3) is 0. The van der Waals surface area contributed by atoms with Crippen LogP contribution >= 0.6 is 0 Å². The maximum atomic E-state index is 11.7. The average molecular weight is 333 g/mol. The fourth-order valence-electron chi connectivity index (χ4n) is 2.09. The molecule has 2 amide bonds. The highest BCUT2D eigenvalue weighted by molar-refractivity contribution is 6.39. The van der Waals surface area contributed by atoms with Gasteiger partial charge in [0, 0.05) is 11.3 Å². The highest BCUT2D eigenvalue weighted by Gasteiger charge is 2.12. The normalized spacial score (nSPS) is 10.6. The highest BCUT2D eigenvalue weighted by atomic mass is 16.3. The van der Waals surface area contributed by atoms with Gasteiger partial charge in [-0.05, 0) is 24.3 Å². The number of hydrogen-bond acceptors (Lipinski definition) is 4. The molecule has 3 rings (SSSR count). The lowest BCUT2D eigenvalue weighted by Crippen LogP contribution is -2.32. The Labute approximate surface area is 144 Å². The van der Waals surface area contributed by atoms with E-state index in [1.165, 1.54) is 6.21 Å². The molecule has 0 radical (unpaired) electrons. The molecule has 124 valence electrons. The van der Waals surface area contributed by atoms with Gasteiger partial charge in [-0.3, -0.25) is 9.59 Å². The van der Waals surface area contributed by atoms with Crippen LogP contribution in [0.1, 0.15) is 5.76 Å². The molecule has 0 aliphatic carbocycles. The maximum absolute atomic E-state index is 11.7. The predicted molar refractivity (Wildman–Crippen MR) is 95.0 cm³/mol. The van der Waals surface area contributed by atoms with Crippen LogP contribution in [-0.4, -0.2) is 18.0 Å². The minimum Gasteiger partial charge on any atom is -0.455 e. The Hall–Kier alpha value is -3.67. The minimum atomic E-state index is -0.866. The second-order valence-corrected chi connectivity index (χ2v) is 5.09. The second kappa shape index (κ2) is 7.74. The number of amides is 2. The van der Waals surface area contributed by atoms with E-state index >= 15 is 0 Å². The Morgan fingerprint density at radius 1 is 0.840 bits per heavy atom. The van der Waals surface area contributed by atoms with Crippen molar-refractivity contribution in [2.24, 2.45) is 5.10 Å². The molecule has 2 aromatic carbocycles.